The molecular weight excluding hydrogens is 389 g/mol. The number of rotatable bonds is 3. The number of halogens is 1. The van der Waals surface area contributed by atoms with Crippen molar-refractivity contribution in [3.05, 3.63) is 52.8 Å². The Morgan fingerprint density at radius 1 is 1.29 bits per heavy atom. The highest BCUT2D eigenvalue weighted by molar-refractivity contribution is 7.90. The third-order valence-corrected chi connectivity index (χ3v) is 5.86. The van der Waals surface area contributed by atoms with Crippen molar-refractivity contribution in [2.45, 2.75) is 23.2 Å². The maximum Gasteiger partial charge on any atom is 0.199 e. The van der Waals surface area contributed by atoms with Gasteiger partial charge in [-0.05, 0) is 24.3 Å². The SMILES string of the molecule is CS(=O)(=O)c1ccc(Oc2cc(F)cc(C#N)c2)c2c1C1(C[C@H]2O)OCCO1. The molecule has 7 nitrogen and oxygen atoms in total. The molecule has 0 unspecified atom stereocenters. The van der Waals surface area contributed by atoms with Gasteiger partial charge in [0.05, 0.1) is 35.8 Å². The number of hydrogen-bond donors (Lipinski definition) is 1. The number of nitrogens with zero attached hydrogens (tertiary/aromatic N) is 1. The lowest BCUT2D eigenvalue weighted by Crippen LogP contribution is -2.26. The van der Waals surface area contributed by atoms with E-state index in [4.69, 9.17) is 19.5 Å². The van der Waals surface area contributed by atoms with Crippen LogP contribution in [-0.4, -0.2) is 33.0 Å². The van der Waals surface area contributed by atoms with E-state index in [0.29, 0.717) is 0 Å². The number of benzene rings is 2. The van der Waals surface area contributed by atoms with Crippen molar-refractivity contribution in [3.63, 3.8) is 0 Å². The maximum atomic E-state index is 13.7. The van der Waals surface area contributed by atoms with Crippen LogP contribution in [0.25, 0.3) is 0 Å². The highest BCUT2D eigenvalue weighted by Crippen LogP contribution is 2.54. The van der Waals surface area contributed by atoms with E-state index in [1.807, 2.05) is 6.07 Å². The molecular formula is C19H16FNO6S. The molecule has 0 amide bonds. The van der Waals surface area contributed by atoms with Gasteiger partial charge in [-0.1, -0.05) is 0 Å². The molecule has 1 atom stereocenters. The Labute approximate surface area is 160 Å². The van der Waals surface area contributed by atoms with Crippen molar-refractivity contribution >= 4 is 9.84 Å². The molecule has 1 aliphatic carbocycles. The van der Waals surface area contributed by atoms with Crippen molar-refractivity contribution in [1.82, 2.24) is 0 Å². The average molecular weight is 405 g/mol. The number of sulfone groups is 1. The largest absolute Gasteiger partial charge is 0.457 e. The van der Waals surface area contributed by atoms with Crippen molar-refractivity contribution in [2.24, 2.45) is 0 Å². The molecule has 9 heteroatoms. The molecule has 1 saturated heterocycles. The van der Waals surface area contributed by atoms with Gasteiger partial charge in [-0.3, -0.25) is 0 Å². The first-order valence-corrected chi connectivity index (χ1v) is 10.3. The molecule has 2 aromatic rings. The Morgan fingerprint density at radius 2 is 2.00 bits per heavy atom. The second-order valence-electron chi connectivity index (χ2n) is 6.68. The third-order valence-electron chi connectivity index (χ3n) is 4.72. The summed E-state index contributed by atoms with van der Waals surface area (Å²) in [5, 5.41) is 19.7. The Bertz CT molecular complexity index is 1100. The summed E-state index contributed by atoms with van der Waals surface area (Å²) in [4.78, 5) is -0.0229. The third kappa shape index (κ3) is 3.04. The predicted molar refractivity (Wildman–Crippen MR) is 93.9 cm³/mol. The molecule has 2 aliphatic rings. The zero-order chi connectivity index (χ0) is 20.1. The summed E-state index contributed by atoms with van der Waals surface area (Å²) in [5.74, 6) is -1.84. The minimum atomic E-state index is -3.65. The van der Waals surface area contributed by atoms with Crippen LogP contribution in [0.2, 0.25) is 0 Å². The van der Waals surface area contributed by atoms with E-state index in [1.54, 1.807) is 0 Å². The highest BCUT2D eigenvalue weighted by atomic mass is 32.2. The fourth-order valence-electron chi connectivity index (χ4n) is 3.69. The summed E-state index contributed by atoms with van der Waals surface area (Å²) in [6.45, 7) is 0.520. The summed E-state index contributed by atoms with van der Waals surface area (Å²) in [6, 6.07) is 8.08. The van der Waals surface area contributed by atoms with E-state index < -0.39 is 27.5 Å². The molecule has 1 N–H and O–H groups in total. The van der Waals surface area contributed by atoms with Gasteiger partial charge in [-0.2, -0.15) is 5.26 Å². The van der Waals surface area contributed by atoms with Gasteiger partial charge in [0.15, 0.2) is 15.6 Å². The van der Waals surface area contributed by atoms with Crippen LogP contribution in [0.1, 0.15) is 29.2 Å². The summed E-state index contributed by atoms with van der Waals surface area (Å²) in [5.41, 5.74) is 0.487. The van der Waals surface area contributed by atoms with Gasteiger partial charge in [0, 0.05) is 29.9 Å². The van der Waals surface area contributed by atoms with Gasteiger partial charge >= 0.3 is 0 Å². The van der Waals surface area contributed by atoms with Crippen molar-refractivity contribution in [3.8, 4) is 17.6 Å². The Hall–Kier alpha value is -2.51. The normalized spacial score (nSPS) is 20.1. The van der Waals surface area contributed by atoms with Crippen LogP contribution < -0.4 is 4.74 Å². The van der Waals surface area contributed by atoms with Gasteiger partial charge in [-0.25, -0.2) is 12.8 Å². The number of hydrogen-bond acceptors (Lipinski definition) is 7. The van der Waals surface area contributed by atoms with Crippen molar-refractivity contribution in [2.75, 3.05) is 19.5 Å². The van der Waals surface area contributed by atoms with Gasteiger partial charge in [0.25, 0.3) is 0 Å². The molecule has 1 aliphatic heterocycles. The first-order valence-electron chi connectivity index (χ1n) is 8.45. The number of fused-ring (bicyclic) bond motifs is 2. The molecule has 0 bridgehead atoms. The van der Waals surface area contributed by atoms with Crippen molar-refractivity contribution < 1.29 is 32.1 Å². The second kappa shape index (κ2) is 6.53. The fraction of sp³-hybridized carbons (Fsp3) is 0.316. The maximum absolute atomic E-state index is 13.7. The van der Waals surface area contributed by atoms with Crippen LogP contribution in [0.4, 0.5) is 4.39 Å². The van der Waals surface area contributed by atoms with Crippen LogP contribution in [0.3, 0.4) is 0 Å². The van der Waals surface area contributed by atoms with Gasteiger partial charge in [0.2, 0.25) is 0 Å². The Kier molecular flexibility index (Phi) is 4.39. The lowest BCUT2D eigenvalue weighted by Gasteiger charge is -2.25. The second-order valence-corrected chi connectivity index (χ2v) is 8.67. The van der Waals surface area contributed by atoms with Gasteiger partial charge in [0.1, 0.15) is 17.3 Å². The molecule has 28 heavy (non-hydrogen) atoms. The summed E-state index contributed by atoms with van der Waals surface area (Å²) < 4.78 is 55.5. The highest BCUT2D eigenvalue weighted by Gasteiger charge is 2.52. The zero-order valence-corrected chi connectivity index (χ0v) is 15.6. The molecule has 0 saturated carbocycles. The van der Waals surface area contributed by atoms with E-state index in [1.165, 1.54) is 18.2 Å². The van der Waals surface area contributed by atoms with Crippen LogP contribution in [-0.2, 0) is 25.1 Å². The van der Waals surface area contributed by atoms with E-state index in [0.717, 1.165) is 18.4 Å². The van der Waals surface area contributed by atoms with E-state index >= 15 is 0 Å². The number of aliphatic hydroxyl groups is 1. The summed E-state index contributed by atoms with van der Waals surface area (Å²) >= 11 is 0. The van der Waals surface area contributed by atoms with Gasteiger partial charge < -0.3 is 19.3 Å². The van der Waals surface area contributed by atoms with E-state index in [9.17, 15) is 17.9 Å². The molecule has 0 aromatic heterocycles. The van der Waals surface area contributed by atoms with Crippen LogP contribution in [0, 0.1) is 17.1 Å². The summed E-state index contributed by atoms with van der Waals surface area (Å²) in [6.07, 6.45) is -0.0334. The lowest BCUT2D eigenvalue weighted by atomic mass is 10.1. The minimum absolute atomic E-state index is 0.0117. The van der Waals surface area contributed by atoms with Crippen molar-refractivity contribution in [1.29, 1.82) is 5.26 Å². The topological polar surface area (TPSA) is 106 Å². The molecule has 4 rings (SSSR count). The lowest BCUT2D eigenvalue weighted by molar-refractivity contribution is -0.175. The van der Waals surface area contributed by atoms with E-state index in [-0.39, 0.29) is 52.7 Å². The number of nitriles is 1. The molecule has 1 spiro atoms. The number of ether oxygens (including phenoxy) is 3. The summed E-state index contributed by atoms with van der Waals surface area (Å²) in [7, 11) is -3.65. The fourth-order valence-corrected chi connectivity index (χ4v) is 4.64. The standard InChI is InChI=1S/C19H16FNO6S/c1-28(23,24)16-3-2-15(27-13-7-11(10-21)6-12(20)8-13)17-14(22)9-19(18(16)17)25-4-5-26-19/h2-3,6-8,14,22H,4-5,9H2,1H3/t14-/m1/s1. The minimum Gasteiger partial charge on any atom is -0.457 e. The first kappa shape index (κ1) is 18.8. The average Bonchev–Trinajstić information content (AvgIpc) is 3.19. The van der Waals surface area contributed by atoms with Crippen LogP contribution in [0.15, 0.2) is 35.2 Å². The Morgan fingerprint density at radius 3 is 2.64 bits per heavy atom. The predicted octanol–water partition coefficient (Wildman–Crippen LogP) is 2.53. The first-order chi connectivity index (χ1) is 13.2. The quantitative estimate of drug-likeness (QED) is 0.836. The molecule has 1 fully saturated rings. The zero-order valence-electron chi connectivity index (χ0n) is 14.8. The molecule has 1 heterocycles. The molecule has 2 aromatic carbocycles. The smallest absolute Gasteiger partial charge is 0.199 e. The molecule has 146 valence electrons. The van der Waals surface area contributed by atoms with Crippen LogP contribution >= 0.6 is 0 Å². The molecule has 0 radical (unpaired) electrons. The monoisotopic (exact) mass is 405 g/mol. The number of aliphatic hydroxyl groups excluding tert-OH is 1. The Balaban J connectivity index is 1.89. The van der Waals surface area contributed by atoms with E-state index in [2.05, 4.69) is 0 Å². The van der Waals surface area contributed by atoms with Gasteiger partial charge in [-0.15, -0.1) is 0 Å². The van der Waals surface area contributed by atoms with Crippen LogP contribution in [0.5, 0.6) is 11.5 Å².